The number of pyridine rings is 1. The summed E-state index contributed by atoms with van der Waals surface area (Å²) in [5.74, 6) is 0.721. The normalized spacial score (nSPS) is 17.5. The maximum atomic E-state index is 12.9. The Labute approximate surface area is 225 Å². The predicted octanol–water partition coefficient (Wildman–Crippen LogP) is 5.54. The Morgan fingerprint density at radius 3 is 2.78 bits per heavy atom. The minimum absolute atomic E-state index is 0.0297. The van der Waals surface area contributed by atoms with Crippen LogP contribution >= 0.6 is 11.3 Å². The lowest BCUT2D eigenvalue weighted by Crippen LogP contribution is -2.49. The van der Waals surface area contributed by atoms with Gasteiger partial charge < -0.3 is 15.1 Å². The number of allylic oxidation sites excluding steroid dienone is 2. The van der Waals surface area contributed by atoms with Crippen LogP contribution in [0.1, 0.15) is 64.6 Å². The van der Waals surface area contributed by atoms with Gasteiger partial charge in [-0.3, -0.25) is 9.59 Å². The van der Waals surface area contributed by atoms with Gasteiger partial charge in [0.05, 0.1) is 12.0 Å². The highest BCUT2D eigenvalue weighted by Gasteiger charge is 2.44. The number of likely N-dealkylation sites (tertiary alicyclic amines) is 1. The molecule has 2 aliphatic rings. The van der Waals surface area contributed by atoms with Crippen LogP contribution in [0.4, 0.5) is 5.82 Å². The van der Waals surface area contributed by atoms with E-state index in [1.807, 2.05) is 24.5 Å². The summed E-state index contributed by atoms with van der Waals surface area (Å²) in [5, 5.41) is 3.03. The van der Waals surface area contributed by atoms with Crippen molar-refractivity contribution in [3.63, 3.8) is 0 Å². The molecule has 6 nitrogen and oxygen atoms in total. The molecule has 0 atom stereocenters. The molecule has 0 radical (unpaired) electrons. The van der Waals surface area contributed by atoms with Gasteiger partial charge in [0.1, 0.15) is 5.82 Å². The molecule has 1 fully saturated rings. The monoisotopic (exact) mass is 520 g/mol. The van der Waals surface area contributed by atoms with Crippen LogP contribution in [-0.4, -0.2) is 53.8 Å². The molecule has 1 saturated heterocycles. The lowest BCUT2D eigenvalue weighted by Gasteiger charge is -2.42. The highest BCUT2D eigenvalue weighted by molar-refractivity contribution is 7.12. The fraction of sp³-hybridized carbons (Fsp3) is 0.500. The van der Waals surface area contributed by atoms with Gasteiger partial charge in [-0.05, 0) is 114 Å². The van der Waals surface area contributed by atoms with E-state index in [2.05, 4.69) is 61.2 Å². The van der Waals surface area contributed by atoms with E-state index in [0.717, 1.165) is 56.3 Å². The third kappa shape index (κ3) is 6.21. The van der Waals surface area contributed by atoms with E-state index < -0.39 is 0 Å². The van der Waals surface area contributed by atoms with Crippen molar-refractivity contribution in [3.8, 4) is 0 Å². The van der Waals surface area contributed by atoms with E-state index in [-0.39, 0.29) is 17.2 Å². The predicted molar refractivity (Wildman–Crippen MR) is 153 cm³/mol. The topological polar surface area (TPSA) is 65.5 Å². The van der Waals surface area contributed by atoms with Crippen LogP contribution in [0.2, 0.25) is 0 Å². The molecule has 198 valence electrons. The largest absolute Gasteiger partial charge is 0.337 e. The molecular weight excluding hydrogens is 480 g/mol. The number of anilines is 1. The number of amides is 2. The van der Waals surface area contributed by atoms with Crippen LogP contribution in [0.3, 0.4) is 0 Å². The number of rotatable bonds is 8. The van der Waals surface area contributed by atoms with Crippen molar-refractivity contribution in [2.45, 2.75) is 65.8 Å². The van der Waals surface area contributed by atoms with Gasteiger partial charge in [0.2, 0.25) is 11.8 Å². The summed E-state index contributed by atoms with van der Waals surface area (Å²) in [6, 6.07) is 2.07. The van der Waals surface area contributed by atoms with E-state index in [9.17, 15) is 9.59 Å². The molecule has 2 aromatic heterocycles. The molecule has 0 saturated carbocycles. The molecule has 37 heavy (non-hydrogen) atoms. The summed E-state index contributed by atoms with van der Waals surface area (Å²) in [7, 11) is 3.96. The maximum absolute atomic E-state index is 12.9. The second-order valence-corrected chi connectivity index (χ2v) is 12.0. The Hall–Kier alpha value is -2.77. The number of hydrogen-bond donors (Lipinski definition) is 1. The minimum Gasteiger partial charge on any atom is -0.337 e. The highest BCUT2D eigenvalue weighted by Crippen LogP contribution is 2.41. The van der Waals surface area contributed by atoms with E-state index in [1.54, 1.807) is 17.2 Å². The Kier molecular flexibility index (Phi) is 8.65. The summed E-state index contributed by atoms with van der Waals surface area (Å²) in [5.41, 5.74) is 4.36. The number of thiophene rings is 1. The van der Waals surface area contributed by atoms with Crippen molar-refractivity contribution in [3.05, 3.63) is 62.5 Å². The number of carbonyl (C=O) groups excluding carboxylic acids is 2. The van der Waals surface area contributed by atoms with E-state index >= 15 is 0 Å². The van der Waals surface area contributed by atoms with E-state index in [4.69, 9.17) is 0 Å². The molecule has 1 spiro atoms. The van der Waals surface area contributed by atoms with Crippen LogP contribution < -0.4 is 5.32 Å². The quantitative estimate of drug-likeness (QED) is 0.282. The maximum Gasteiger partial charge on any atom is 0.246 e. The van der Waals surface area contributed by atoms with Crippen molar-refractivity contribution in [1.82, 2.24) is 14.8 Å². The fourth-order valence-corrected chi connectivity index (χ4v) is 6.71. The lowest BCUT2D eigenvalue weighted by molar-refractivity contribution is -0.128. The molecule has 0 unspecified atom stereocenters. The number of likely N-dealkylation sites (N-methyl/N-ethyl adjacent to an activating group) is 1. The van der Waals surface area contributed by atoms with Crippen LogP contribution in [-0.2, 0) is 29.0 Å². The molecule has 1 N–H and O–H groups in total. The number of nitrogens with zero attached hydrogens (tertiary/aromatic N) is 3. The first kappa shape index (κ1) is 27.3. The number of hydrogen-bond acceptors (Lipinski definition) is 5. The second kappa shape index (κ2) is 11.7. The second-order valence-electron chi connectivity index (χ2n) is 10.7. The Morgan fingerprint density at radius 1 is 1.30 bits per heavy atom. The number of fused-ring (bicyclic) bond motifs is 1. The molecule has 4 heterocycles. The summed E-state index contributed by atoms with van der Waals surface area (Å²) in [6.45, 7) is 8.91. The number of unbranched alkanes of at least 4 members (excludes halogenated alkanes) is 1. The summed E-state index contributed by atoms with van der Waals surface area (Å²) >= 11 is 1.81. The summed E-state index contributed by atoms with van der Waals surface area (Å²) in [4.78, 5) is 36.9. The standard InChI is InChI=1S/C30H40N4O2S/c1-6-7-8-9-10-25-21(2)26(37-22(25)3)20-34(5)27(35)12-11-23-17-24-18-30(13-15-33(4)16-14-30)29(36)32-28(24)31-19-23/h6-7,11-12,17,19H,8-10,13-16,18,20H2,1-5H3,(H,31,32,36)/b7-6-,12-11+. The van der Waals surface area contributed by atoms with Crippen LogP contribution in [0, 0.1) is 19.3 Å². The van der Waals surface area contributed by atoms with Crippen LogP contribution in [0.25, 0.3) is 6.08 Å². The highest BCUT2D eigenvalue weighted by atomic mass is 32.1. The van der Waals surface area contributed by atoms with Gasteiger partial charge in [-0.25, -0.2) is 4.98 Å². The van der Waals surface area contributed by atoms with Gasteiger partial charge >= 0.3 is 0 Å². The first-order chi connectivity index (χ1) is 17.7. The van der Waals surface area contributed by atoms with Gasteiger partial charge in [0.25, 0.3) is 0 Å². The summed E-state index contributed by atoms with van der Waals surface area (Å²) < 4.78 is 0. The van der Waals surface area contributed by atoms with Crippen molar-refractivity contribution in [2.24, 2.45) is 5.41 Å². The third-order valence-electron chi connectivity index (χ3n) is 7.96. The van der Waals surface area contributed by atoms with Gasteiger partial charge in [-0.1, -0.05) is 12.2 Å². The third-order valence-corrected chi connectivity index (χ3v) is 9.19. The lowest BCUT2D eigenvalue weighted by atomic mass is 9.71. The number of piperidine rings is 1. The first-order valence-electron chi connectivity index (χ1n) is 13.3. The summed E-state index contributed by atoms with van der Waals surface area (Å²) in [6.07, 6.45) is 15.3. The fourth-order valence-electron chi connectivity index (χ4n) is 5.42. The molecule has 0 aliphatic carbocycles. The van der Waals surface area contributed by atoms with E-state index in [0.29, 0.717) is 18.8 Å². The molecule has 2 amide bonds. The number of aryl methyl sites for hydroxylation is 1. The zero-order chi connectivity index (χ0) is 26.6. The number of aromatic nitrogens is 1. The Morgan fingerprint density at radius 2 is 2.05 bits per heavy atom. The Bertz CT molecular complexity index is 1200. The van der Waals surface area contributed by atoms with Crippen LogP contribution in [0.5, 0.6) is 0 Å². The number of nitrogens with one attached hydrogen (secondary N) is 1. The Balaban J connectivity index is 1.39. The SMILES string of the molecule is C/C=C\CCCc1c(C)sc(CN(C)C(=O)/C=C/c2cnc3c(c2)CC2(CCN(C)CC2)C(=O)N3)c1C. The van der Waals surface area contributed by atoms with Crippen molar-refractivity contribution in [1.29, 1.82) is 0 Å². The molecule has 7 heteroatoms. The smallest absolute Gasteiger partial charge is 0.246 e. The molecule has 4 rings (SSSR count). The van der Waals surface area contributed by atoms with Gasteiger partial charge in [0.15, 0.2) is 0 Å². The van der Waals surface area contributed by atoms with Gasteiger partial charge in [-0.15, -0.1) is 11.3 Å². The minimum atomic E-state index is -0.345. The zero-order valence-electron chi connectivity index (χ0n) is 22.9. The molecule has 0 aromatic carbocycles. The average molecular weight is 521 g/mol. The van der Waals surface area contributed by atoms with Crippen LogP contribution in [0.15, 0.2) is 30.5 Å². The zero-order valence-corrected chi connectivity index (χ0v) is 23.7. The van der Waals surface area contributed by atoms with Gasteiger partial charge in [-0.2, -0.15) is 0 Å². The molecular formula is C30H40N4O2S. The van der Waals surface area contributed by atoms with Crippen molar-refractivity contribution >= 4 is 35.0 Å². The number of carbonyl (C=O) groups is 2. The van der Waals surface area contributed by atoms with Crippen molar-refractivity contribution in [2.75, 3.05) is 32.5 Å². The van der Waals surface area contributed by atoms with Gasteiger partial charge in [0, 0.05) is 29.1 Å². The van der Waals surface area contributed by atoms with E-state index in [1.165, 1.54) is 20.9 Å². The average Bonchev–Trinajstić information content (AvgIpc) is 3.14. The molecule has 0 bridgehead atoms. The first-order valence-corrected chi connectivity index (χ1v) is 14.1. The van der Waals surface area contributed by atoms with Crippen molar-refractivity contribution < 1.29 is 9.59 Å². The molecule has 2 aliphatic heterocycles. The molecule has 2 aromatic rings.